The Kier molecular flexibility index (Phi) is 3.94. The number of rotatable bonds is 2. The van der Waals surface area contributed by atoms with Gasteiger partial charge in [-0.15, -0.1) is 0 Å². The minimum absolute atomic E-state index is 0. The number of ether oxygens (including phenoxy) is 1. The van der Waals surface area contributed by atoms with Gasteiger partial charge >= 0.3 is 0 Å². The molecular formula is C7H13O2Rf-. The largest absolute Gasteiger partial charge is 0.640 e. The molecule has 0 aliphatic carbocycles. The first-order valence-corrected chi connectivity index (χ1v) is 3.01. The number of hydrogen-bond donors (Lipinski definition) is 0. The van der Waals surface area contributed by atoms with Crippen molar-refractivity contribution in [3.63, 3.8) is 0 Å². The van der Waals surface area contributed by atoms with E-state index >= 15 is 0 Å². The van der Waals surface area contributed by atoms with E-state index in [-0.39, 0.29) is 11.4 Å². The summed E-state index contributed by atoms with van der Waals surface area (Å²) < 4.78 is 4.32. The first-order chi connectivity index (χ1) is 4.04. The minimum Gasteiger partial charge on any atom is -0.640 e. The second-order valence-corrected chi connectivity index (χ2v) is 2.67. The monoisotopic (exact) mass is 396 g/mol. The minimum atomic E-state index is -0.373. The molecule has 0 atom stereocenters. The topological polar surface area (TPSA) is 26.3 Å². The molecular weight excluding hydrogens is 383 g/mol. The zero-order valence-corrected chi connectivity index (χ0v) is 13.3. The van der Waals surface area contributed by atoms with Crippen molar-refractivity contribution in [2.45, 2.75) is 27.2 Å². The summed E-state index contributed by atoms with van der Waals surface area (Å²) in [7, 11) is 3.05. The van der Waals surface area contributed by atoms with Gasteiger partial charge in [-0.2, -0.15) is 7.11 Å². The maximum atomic E-state index is 10.8. The summed E-state index contributed by atoms with van der Waals surface area (Å²) in [5.41, 5.74) is -0.373. The second-order valence-electron chi connectivity index (χ2n) is 2.67. The Morgan fingerprint density at radius 3 is 2.10 bits per heavy atom. The normalized spacial score (nSPS) is 10.0. The van der Waals surface area contributed by atoms with Crippen molar-refractivity contribution in [1.82, 2.24) is 0 Å². The van der Waals surface area contributed by atoms with Gasteiger partial charge in [0.1, 0.15) is 0 Å². The Hall–Kier alpha value is -1.53. The molecule has 0 aliphatic rings. The van der Waals surface area contributed by atoms with Gasteiger partial charge in [0.25, 0.3) is 5.97 Å². The van der Waals surface area contributed by atoms with Crippen molar-refractivity contribution < 1.29 is 9.53 Å². The molecule has 10 heavy (non-hydrogen) atoms. The molecule has 0 aromatic heterocycles. The van der Waals surface area contributed by atoms with Crippen LogP contribution in [0.5, 0.6) is 0 Å². The summed E-state index contributed by atoms with van der Waals surface area (Å²) in [4.78, 5) is 10.8. The van der Waals surface area contributed by atoms with Gasteiger partial charge in [0.2, 0.25) is 0 Å². The molecule has 0 fully saturated rings. The molecule has 0 aliphatic heterocycles. The van der Waals surface area contributed by atoms with Crippen molar-refractivity contribution in [3.05, 3.63) is 7.11 Å². The Labute approximate surface area is 56.2 Å². The maximum Gasteiger partial charge on any atom is 0.279 e. The van der Waals surface area contributed by atoms with Crippen LogP contribution in [0.1, 0.15) is 27.2 Å². The molecule has 0 saturated carbocycles. The Morgan fingerprint density at radius 1 is 1.60 bits per heavy atom. The number of carbonyl (C=O) groups excluding carboxylic acids is 1. The zero-order chi connectivity index (χ0) is 7.49. The van der Waals surface area contributed by atoms with E-state index in [4.69, 9.17) is 0 Å². The molecule has 3 heteroatoms. The summed E-state index contributed by atoms with van der Waals surface area (Å²) in [6.45, 7) is 5.61. The van der Waals surface area contributed by atoms with E-state index in [1.807, 2.05) is 20.8 Å². The summed E-state index contributed by atoms with van der Waals surface area (Å²) in [6.07, 6.45) is 0.779. The molecule has 0 unspecified atom stereocenters. The van der Waals surface area contributed by atoms with Crippen molar-refractivity contribution in [2.75, 3.05) is 0 Å². The van der Waals surface area contributed by atoms with Crippen LogP contribution in [-0.4, -0.2) is 5.97 Å². The fourth-order valence-corrected chi connectivity index (χ4v) is 0.340. The predicted molar refractivity (Wildman–Crippen MR) is 35.5 cm³/mol. The van der Waals surface area contributed by atoms with Crippen LogP contribution in [-0.2, 0) is 9.53 Å². The molecule has 0 aromatic carbocycles. The third-order valence-corrected chi connectivity index (χ3v) is 1.57. The Morgan fingerprint density at radius 2 is 2.00 bits per heavy atom. The fraction of sp³-hybridized carbons (Fsp3) is 0.714. The van der Waals surface area contributed by atoms with Gasteiger partial charge in [0.15, 0.2) is 0 Å². The molecule has 0 bridgehead atoms. The van der Waals surface area contributed by atoms with E-state index in [2.05, 4.69) is 11.8 Å². The van der Waals surface area contributed by atoms with Crippen LogP contribution in [0, 0.1) is 12.5 Å². The van der Waals surface area contributed by atoms with Crippen LogP contribution in [0.2, 0.25) is 0 Å². The van der Waals surface area contributed by atoms with E-state index in [1.54, 1.807) is 0 Å². The van der Waals surface area contributed by atoms with Gasteiger partial charge in [0, 0.05) is 0 Å². The van der Waals surface area contributed by atoms with Crippen molar-refractivity contribution in [1.29, 1.82) is 0 Å². The molecule has 0 N–H and O–H groups in total. The van der Waals surface area contributed by atoms with Crippen molar-refractivity contribution in [3.8, 4) is 0 Å². The van der Waals surface area contributed by atoms with Gasteiger partial charge in [-0.1, -0.05) is 6.92 Å². The van der Waals surface area contributed by atoms with Crippen LogP contribution >= 0.6 is 0 Å². The average Bonchev–Trinajstić information content (AvgIpc) is 1.86. The van der Waals surface area contributed by atoms with Crippen LogP contribution in [0.4, 0.5) is 0 Å². The molecule has 56 valence electrons. The molecule has 0 heterocycles. The van der Waals surface area contributed by atoms with Crippen LogP contribution in [0.3, 0.4) is 0 Å². The molecule has 2 nitrogen and oxygen atoms in total. The van der Waals surface area contributed by atoms with E-state index in [1.165, 1.54) is 0 Å². The third-order valence-electron chi connectivity index (χ3n) is 1.57. The quantitative estimate of drug-likeness (QED) is 0.526. The average molecular weight is 396 g/mol. The number of hydrogen-bond acceptors (Lipinski definition) is 2. The first-order valence-electron chi connectivity index (χ1n) is 3.01. The van der Waals surface area contributed by atoms with Gasteiger partial charge < -0.3 is 4.74 Å². The van der Waals surface area contributed by atoms with E-state index in [0.717, 1.165) is 6.42 Å². The van der Waals surface area contributed by atoms with Crippen molar-refractivity contribution in [2.24, 2.45) is 5.41 Å². The summed E-state index contributed by atoms with van der Waals surface area (Å²) in [5, 5.41) is 0. The van der Waals surface area contributed by atoms with E-state index < -0.39 is 0 Å². The van der Waals surface area contributed by atoms with Crippen LogP contribution in [0.25, 0.3) is 0 Å². The Balaban J connectivity index is 0. The summed E-state index contributed by atoms with van der Waals surface area (Å²) in [5.74, 6) is -0.245. The molecule has 0 spiro atoms. The van der Waals surface area contributed by atoms with E-state index in [9.17, 15) is 4.79 Å². The Bertz CT molecular complexity index is 110. The second kappa shape index (κ2) is 3.49. The van der Waals surface area contributed by atoms with Crippen LogP contribution < -0.4 is 0 Å². The SMILES string of the molecule is [CH2-]OC(=O)C(C)(C)CC.[Rf]. The molecule has 0 aromatic rings. The predicted octanol–water partition coefficient (Wildman–Crippen LogP) is 1.76. The first kappa shape index (κ1) is 11.3. The van der Waals surface area contributed by atoms with Crippen LogP contribution in [0.15, 0.2) is 0 Å². The van der Waals surface area contributed by atoms with Gasteiger partial charge in [-0.05, 0) is 20.3 Å². The summed E-state index contributed by atoms with van der Waals surface area (Å²) >= 11 is 0. The summed E-state index contributed by atoms with van der Waals surface area (Å²) in [6, 6.07) is 0. The molecule has 0 rings (SSSR count). The molecule has 0 saturated heterocycles. The smallest absolute Gasteiger partial charge is 0.279 e. The molecule has 0 amide bonds. The molecule has 0 radical (unpaired) electrons. The van der Waals surface area contributed by atoms with Gasteiger partial charge in [-0.25, -0.2) is 0 Å². The fourth-order valence-electron chi connectivity index (χ4n) is 0.340. The maximum absolute atomic E-state index is 10.8. The number of esters is 1. The number of carbonyl (C=O) groups is 1. The zero-order valence-electron chi connectivity index (χ0n) is 6.94. The van der Waals surface area contributed by atoms with Gasteiger partial charge in [0.05, 0.1) is 5.41 Å². The van der Waals surface area contributed by atoms with E-state index in [0.29, 0.717) is 0 Å². The standard InChI is InChI=1S/C7H13O2.Rf/c1-5-7(2,3)6(8)9-4;/h4-5H2,1-3H3;/q-1;. The third kappa shape index (κ3) is 2.16. The van der Waals surface area contributed by atoms with Gasteiger partial charge in [-0.3, -0.25) is 4.79 Å². The van der Waals surface area contributed by atoms with Crippen molar-refractivity contribution >= 4 is 5.97 Å².